The van der Waals surface area contributed by atoms with Gasteiger partial charge in [-0.15, -0.1) is 0 Å². The third kappa shape index (κ3) is 4.32. The van der Waals surface area contributed by atoms with Gasteiger partial charge in [-0.05, 0) is 31.7 Å². The molecule has 1 aromatic carbocycles. The monoisotopic (exact) mass is 349 g/mol. The van der Waals surface area contributed by atoms with Crippen LogP contribution in [0, 0.1) is 17.6 Å². The molecule has 0 unspecified atom stereocenters. The van der Waals surface area contributed by atoms with Crippen LogP contribution in [0.4, 0.5) is 13.6 Å². The van der Waals surface area contributed by atoms with Crippen molar-refractivity contribution in [3.8, 4) is 0 Å². The van der Waals surface area contributed by atoms with Gasteiger partial charge in [0.2, 0.25) is 0 Å². The molecule has 0 bridgehead atoms. The van der Waals surface area contributed by atoms with E-state index in [1.54, 1.807) is 22.8 Å². The van der Waals surface area contributed by atoms with Crippen LogP contribution >= 0.6 is 0 Å². The highest BCUT2D eigenvalue weighted by Gasteiger charge is 2.24. The highest BCUT2D eigenvalue weighted by atomic mass is 19.1. The van der Waals surface area contributed by atoms with Crippen molar-refractivity contribution in [2.24, 2.45) is 5.92 Å². The fraction of sp³-hybridized carbons (Fsp3) is 0.471. The van der Waals surface area contributed by atoms with E-state index in [9.17, 15) is 13.6 Å². The predicted molar refractivity (Wildman–Crippen MR) is 87.6 cm³/mol. The number of piperidine rings is 1. The van der Waals surface area contributed by atoms with Gasteiger partial charge in [0.1, 0.15) is 24.3 Å². The summed E-state index contributed by atoms with van der Waals surface area (Å²) in [5.41, 5.74) is 0.274. The number of likely N-dealkylation sites (tertiary alicyclic amines) is 1. The summed E-state index contributed by atoms with van der Waals surface area (Å²) in [4.78, 5) is 18.0. The van der Waals surface area contributed by atoms with Crippen LogP contribution in [0.1, 0.15) is 31.4 Å². The Morgan fingerprint density at radius 1 is 1.36 bits per heavy atom. The van der Waals surface area contributed by atoms with Gasteiger partial charge in [-0.3, -0.25) is 4.68 Å². The molecule has 6 nitrogen and oxygen atoms in total. The van der Waals surface area contributed by atoms with Crippen LogP contribution in [-0.4, -0.2) is 38.8 Å². The Balaban J connectivity index is 1.50. The van der Waals surface area contributed by atoms with Crippen LogP contribution in [0.5, 0.6) is 0 Å². The summed E-state index contributed by atoms with van der Waals surface area (Å²) >= 11 is 0. The van der Waals surface area contributed by atoms with Crippen molar-refractivity contribution in [1.82, 2.24) is 25.0 Å². The minimum Gasteiger partial charge on any atom is -0.331 e. The molecule has 1 aromatic heterocycles. The van der Waals surface area contributed by atoms with Gasteiger partial charge in [0, 0.05) is 31.3 Å². The number of halogens is 2. The fourth-order valence-corrected chi connectivity index (χ4v) is 3.12. The molecule has 1 aliphatic heterocycles. The first-order valence-electron chi connectivity index (χ1n) is 8.35. The number of aromatic nitrogens is 3. The van der Waals surface area contributed by atoms with E-state index in [1.807, 2.05) is 0 Å². The molecular formula is C17H21F2N5O. The highest BCUT2D eigenvalue weighted by molar-refractivity contribution is 5.74. The maximum atomic E-state index is 13.8. The largest absolute Gasteiger partial charge is 0.331 e. The van der Waals surface area contributed by atoms with Gasteiger partial charge in [-0.1, -0.05) is 6.07 Å². The number of urea groups is 1. The zero-order valence-corrected chi connectivity index (χ0v) is 14.0. The molecule has 2 aromatic rings. The normalized spacial score (nSPS) is 16.7. The number of hydrogen-bond donors (Lipinski definition) is 1. The second kappa shape index (κ2) is 7.58. The summed E-state index contributed by atoms with van der Waals surface area (Å²) in [5, 5.41) is 6.89. The molecule has 2 heterocycles. The molecule has 1 N–H and O–H groups in total. The summed E-state index contributed by atoms with van der Waals surface area (Å²) in [6.07, 6.45) is 4.97. The third-order valence-corrected chi connectivity index (χ3v) is 4.58. The Labute approximate surface area is 144 Å². The summed E-state index contributed by atoms with van der Waals surface area (Å²) in [6, 6.07) is 2.63. The minimum absolute atomic E-state index is 0.226. The van der Waals surface area contributed by atoms with E-state index in [-0.39, 0.29) is 11.6 Å². The van der Waals surface area contributed by atoms with Gasteiger partial charge >= 0.3 is 6.03 Å². The highest BCUT2D eigenvalue weighted by Crippen LogP contribution is 2.21. The molecule has 134 valence electrons. The second-order valence-electron chi connectivity index (χ2n) is 6.38. The van der Waals surface area contributed by atoms with Gasteiger partial charge in [0.25, 0.3) is 0 Å². The van der Waals surface area contributed by atoms with Crippen molar-refractivity contribution in [3.05, 3.63) is 48.1 Å². The first kappa shape index (κ1) is 17.3. The van der Waals surface area contributed by atoms with Crippen molar-refractivity contribution in [1.29, 1.82) is 0 Å². The lowest BCUT2D eigenvalue weighted by Crippen LogP contribution is -2.45. The van der Waals surface area contributed by atoms with E-state index in [0.717, 1.165) is 25.5 Å². The number of rotatable bonds is 4. The van der Waals surface area contributed by atoms with E-state index in [0.29, 0.717) is 19.0 Å². The van der Waals surface area contributed by atoms with E-state index < -0.39 is 17.7 Å². The van der Waals surface area contributed by atoms with E-state index in [4.69, 9.17) is 0 Å². The smallest absolute Gasteiger partial charge is 0.317 e. The van der Waals surface area contributed by atoms with E-state index in [1.165, 1.54) is 18.5 Å². The minimum atomic E-state index is -0.653. The summed E-state index contributed by atoms with van der Waals surface area (Å²) in [5.74, 6) is -0.828. The van der Waals surface area contributed by atoms with Crippen molar-refractivity contribution >= 4 is 6.03 Å². The number of benzene rings is 1. The fourth-order valence-electron chi connectivity index (χ4n) is 3.12. The Morgan fingerprint density at radius 2 is 2.12 bits per heavy atom. The Hall–Kier alpha value is -2.51. The first-order chi connectivity index (χ1) is 12.0. The van der Waals surface area contributed by atoms with Crippen molar-refractivity contribution in [3.63, 3.8) is 0 Å². The molecule has 25 heavy (non-hydrogen) atoms. The maximum Gasteiger partial charge on any atom is 0.317 e. The molecule has 0 radical (unpaired) electrons. The lowest BCUT2D eigenvalue weighted by molar-refractivity contribution is 0.161. The van der Waals surface area contributed by atoms with Gasteiger partial charge in [0.15, 0.2) is 0 Å². The summed E-state index contributed by atoms with van der Waals surface area (Å²) in [7, 11) is 0. The van der Waals surface area contributed by atoms with Gasteiger partial charge in [-0.25, -0.2) is 18.6 Å². The molecule has 0 aliphatic carbocycles. The predicted octanol–water partition coefficient (Wildman–Crippen LogP) is 2.74. The lowest BCUT2D eigenvalue weighted by Gasteiger charge is -2.32. The molecular weight excluding hydrogens is 328 g/mol. The quantitative estimate of drug-likeness (QED) is 0.923. The molecule has 1 saturated heterocycles. The second-order valence-corrected chi connectivity index (χ2v) is 6.38. The van der Waals surface area contributed by atoms with Gasteiger partial charge in [-0.2, -0.15) is 5.10 Å². The molecule has 0 spiro atoms. The molecule has 1 aliphatic rings. The molecule has 1 fully saturated rings. The number of amides is 2. The van der Waals surface area contributed by atoms with Gasteiger partial charge in [0.05, 0.1) is 6.04 Å². The van der Waals surface area contributed by atoms with Gasteiger partial charge < -0.3 is 10.2 Å². The van der Waals surface area contributed by atoms with Crippen molar-refractivity contribution < 1.29 is 13.6 Å². The standard InChI is InChI=1S/C17H21F2N5O/c1-12(15-3-2-14(18)8-16(15)19)22-17(25)23-6-4-13(5-7-23)9-24-11-20-10-21-24/h2-3,8,10-13H,4-7,9H2,1H3,(H,22,25)/t12-/m0/s1. The summed E-state index contributed by atoms with van der Waals surface area (Å²) in [6.45, 7) is 3.77. The summed E-state index contributed by atoms with van der Waals surface area (Å²) < 4.78 is 28.6. The number of nitrogens with zero attached hydrogens (tertiary/aromatic N) is 4. The van der Waals surface area contributed by atoms with Crippen molar-refractivity contribution in [2.45, 2.75) is 32.4 Å². The van der Waals surface area contributed by atoms with Crippen molar-refractivity contribution in [2.75, 3.05) is 13.1 Å². The Bertz CT molecular complexity index is 714. The number of carbonyl (C=O) groups excluding carboxylic acids is 1. The van der Waals surface area contributed by atoms with Crippen LogP contribution in [-0.2, 0) is 6.54 Å². The topological polar surface area (TPSA) is 63.1 Å². The maximum absolute atomic E-state index is 13.8. The molecule has 8 heteroatoms. The van der Waals surface area contributed by atoms with Crippen LogP contribution < -0.4 is 5.32 Å². The SMILES string of the molecule is C[C@H](NC(=O)N1CCC(Cn2cncn2)CC1)c1ccc(F)cc1F. The Kier molecular flexibility index (Phi) is 5.25. The number of hydrogen-bond acceptors (Lipinski definition) is 3. The van der Waals surface area contributed by atoms with E-state index >= 15 is 0 Å². The number of nitrogens with one attached hydrogen (secondary N) is 1. The molecule has 2 amide bonds. The average molecular weight is 349 g/mol. The van der Waals surface area contributed by atoms with Crippen LogP contribution in [0.15, 0.2) is 30.9 Å². The zero-order valence-electron chi connectivity index (χ0n) is 14.0. The molecule has 0 saturated carbocycles. The Morgan fingerprint density at radius 3 is 2.76 bits per heavy atom. The average Bonchev–Trinajstić information content (AvgIpc) is 3.08. The van der Waals surface area contributed by atoms with Crippen LogP contribution in [0.25, 0.3) is 0 Å². The van der Waals surface area contributed by atoms with Crippen LogP contribution in [0.2, 0.25) is 0 Å². The third-order valence-electron chi connectivity index (χ3n) is 4.58. The molecule has 3 rings (SSSR count). The van der Waals surface area contributed by atoms with Crippen LogP contribution in [0.3, 0.4) is 0 Å². The number of carbonyl (C=O) groups is 1. The zero-order chi connectivity index (χ0) is 17.8. The lowest BCUT2D eigenvalue weighted by atomic mass is 9.97. The van der Waals surface area contributed by atoms with E-state index in [2.05, 4.69) is 15.4 Å². The first-order valence-corrected chi connectivity index (χ1v) is 8.35. The molecule has 1 atom stereocenters.